The second-order valence-electron chi connectivity index (χ2n) is 1.45. The first-order chi connectivity index (χ1) is 3.72. The zero-order chi connectivity index (χ0) is 6.57. The zero-order valence-electron chi connectivity index (χ0n) is 5.53. The van der Waals surface area contributed by atoms with Crippen molar-refractivity contribution < 1.29 is 16.5 Å². The molecule has 0 atom stereocenters. The first kappa shape index (κ1) is 12.4. The van der Waals surface area contributed by atoms with Crippen LogP contribution in [-0.2, 0) is 16.5 Å². The van der Waals surface area contributed by atoms with Gasteiger partial charge >= 0.3 is 16.5 Å². The van der Waals surface area contributed by atoms with E-state index in [1.54, 1.807) is 0 Å². The third kappa shape index (κ3) is 5.19. The van der Waals surface area contributed by atoms with Crippen LogP contribution in [0.25, 0.3) is 0 Å². The first-order valence-corrected chi connectivity index (χ1v) is 3.55. The van der Waals surface area contributed by atoms with Crippen molar-refractivity contribution in [3.63, 3.8) is 0 Å². The molecule has 0 radical (unpaired) electrons. The van der Waals surface area contributed by atoms with Gasteiger partial charge in [0.2, 0.25) is 0 Å². The number of nitrogens with zero attached hydrogens (tertiary/aromatic N) is 1. The summed E-state index contributed by atoms with van der Waals surface area (Å²) in [5.74, 6) is 0. The maximum atomic E-state index is 4.81. The zero-order valence-corrected chi connectivity index (χ0v) is 8.23. The number of thiocarbonyl (C=S) groups is 1. The average Bonchev–Trinajstić information content (AvgIpc) is 1.69. The minimum Gasteiger partial charge on any atom is -0.358 e. The van der Waals surface area contributed by atoms with Crippen molar-refractivity contribution in [2.45, 2.75) is 13.8 Å². The minimum absolute atomic E-state index is 0. The largest absolute Gasteiger partial charge is 2.00 e. The van der Waals surface area contributed by atoms with Gasteiger partial charge in [0.1, 0.15) is 4.32 Å². The summed E-state index contributed by atoms with van der Waals surface area (Å²) in [5, 5.41) is 0. The third-order valence-corrected chi connectivity index (χ3v) is 1.58. The van der Waals surface area contributed by atoms with E-state index in [1.807, 2.05) is 4.90 Å². The first-order valence-electron chi connectivity index (χ1n) is 2.70. The molecule has 0 N–H and O–H groups in total. The molecular formula is C5H11NNiS2+2. The Morgan fingerprint density at radius 2 is 1.78 bits per heavy atom. The SMILES string of the molecule is CCN(CC)C(=S)S.[Ni+2]. The van der Waals surface area contributed by atoms with E-state index in [9.17, 15) is 0 Å². The van der Waals surface area contributed by atoms with Crippen LogP contribution in [0.5, 0.6) is 0 Å². The molecule has 0 aliphatic heterocycles. The van der Waals surface area contributed by atoms with Crippen molar-refractivity contribution in [1.82, 2.24) is 4.90 Å². The van der Waals surface area contributed by atoms with Crippen LogP contribution < -0.4 is 0 Å². The van der Waals surface area contributed by atoms with Gasteiger partial charge in [-0.15, -0.1) is 12.6 Å². The molecule has 9 heavy (non-hydrogen) atoms. The predicted octanol–water partition coefficient (Wildman–Crippen LogP) is 1.54. The number of hydrogen-bond acceptors (Lipinski definition) is 1. The Bertz CT molecular complexity index is 83.0. The molecule has 0 spiro atoms. The van der Waals surface area contributed by atoms with Crippen LogP contribution in [0.1, 0.15) is 13.8 Å². The Hall–Kier alpha value is 0.734. The second kappa shape index (κ2) is 6.85. The van der Waals surface area contributed by atoms with Gasteiger partial charge in [0.05, 0.1) is 0 Å². The summed E-state index contributed by atoms with van der Waals surface area (Å²) in [6, 6.07) is 0. The van der Waals surface area contributed by atoms with E-state index < -0.39 is 0 Å². The number of hydrogen-bond donors (Lipinski definition) is 1. The molecule has 56 valence electrons. The Morgan fingerprint density at radius 1 is 1.44 bits per heavy atom. The van der Waals surface area contributed by atoms with Gasteiger partial charge in [0, 0.05) is 13.1 Å². The molecule has 0 heterocycles. The summed E-state index contributed by atoms with van der Waals surface area (Å²) in [7, 11) is 0. The Balaban J connectivity index is 0. The summed E-state index contributed by atoms with van der Waals surface area (Å²) in [6.45, 7) is 6.04. The van der Waals surface area contributed by atoms with E-state index in [0.29, 0.717) is 4.32 Å². The van der Waals surface area contributed by atoms with E-state index in [2.05, 4.69) is 26.5 Å². The molecule has 0 rings (SSSR count). The van der Waals surface area contributed by atoms with Gasteiger partial charge in [-0.05, 0) is 13.8 Å². The fourth-order valence-corrected chi connectivity index (χ4v) is 1.04. The van der Waals surface area contributed by atoms with Crippen molar-refractivity contribution in [1.29, 1.82) is 0 Å². The smallest absolute Gasteiger partial charge is 0.358 e. The maximum absolute atomic E-state index is 4.81. The molecular weight excluding hydrogens is 197 g/mol. The van der Waals surface area contributed by atoms with Gasteiger partial charge in [0.25, 0.3) is 0 Å². The van der Waals surface area contributed by atoms with E-state index >= 15 is 0 Å². The molecule has 0 aliphatic rings. The monoisotopic (exact) mass is 207 g/mol. The average molecular weight is 208 g/mol. The number of thiol groups is 1. The van der Waals surface area contributed by atoms with Crippen LogP contribution in [0.2, 0.25) is 0 Å². The van der Waals surface area contributed by atoms with Crippen molar-refractivity contribution in [2.24, 2.45) is 0 Å². The summed E-state index contributed by atoms with van der Waals surface area (Å²) >= 11 is 8.82. The molecule has 0 unspecified atom stereocenters. The van der Waals surface area contributed by atoms with Crippen molar-refractivity contribution in [3.05, 3.63) is 0 Å². The summed E-state index contributed by atoms with van der Waals surface area (Å²) in [5.41, 5.74) is 0. The van der Waals surface area contributed by atoms with Crippen LogP contribution in [0.15, 0.2) is 0 Å². The van der Waals surface area contributed by atoms with Crippen LogP contribution in [-0.4, -0.2) is 22.3 Å². The molecule has 1 nitrogen and oxygen atoms in total. The summed E-state index contributed by atoms with van der Waals surface area (Å²) < 4.78 is 0.690. The summed E-state index contributed by atoms with van der Waals surface area (Å²) in [6.07, 6.45) is 0. The van der Waals surface area contributed by atoms with E-state index in [0.717, 1.165) is 13.1 Å². The van der Waals surface area contributed by atoms with Crippen LogP contribution >= 0.6 is 24.8 Å². The normalized spacial score (nSPS) is 7.89. The standard InChI is InChI=1S/C5H11NS2.Ni/c1-3-6(4-2)5(7)8;/h3-4H2,1-2H3,(H,7,8);/q;+2. The minimum atomic E-state index is 0. The molecule has 0 saturated heterocycles. The number of rotatable bonds is 2. The van der Waals surface area contributed by atoms with Gasteiger partial charge in [-0.3, -0.25) is 0 Å². The van der Waals surface area contributed by atoms with Gasteiger partial charge < -0.3 is 4.90 Å². The van der Waals surface area contributed by atoms with Crippen LogP contribution in [0.4, 0.5) is 0 Å². The predicted molar refractivity (Wildman–Crippen MR) is 44.5 cm³/mol. The van der Waals surface area contributed by atoms with Crippen molar-refractivity contribution in [3.8, 4) is 0 Å². The molecule has 0 bridgehead atoms. The topological polar surface area (TPSA) is 3.24 Å². The molecule has 0 aliphatic carbocycles. The molecule has 0 aromatic rings. The Kier molecular flexibility index (Phi) is 9.45. The van der Waals surface area contributed by atoms with E-state index in [-0.39, 0.29) is 16.5 Å². The van der Waals surface area contributed by atoms with E-state index in [1.165, 1.54) is 0 Å². The fourth-order valence-electron chi connectivity index (χ4n) is 0.494. The third-order valence-electron chi connectivity index (χ3n) is 1.03. The molecule has 4 heteroatoms. The molecule has 0 saturated carbocycles. The maximum Gasteiger partial charge on any atom is 2.00 e. The quantitative estimate of drug-likeness (QED) is 0.416. The van der Waals surface area contributed by atoms with Gasteiger partial charge in [-0.25, -0.2) is 0 Å². The molecule has 0 fully saturated rings. The van der Waals surface area contributed by atoms with Crippen LogP contribution in [0, 0.1) is 0 Å². The van der Waals surface area contributed by atoms with Gasteiger partial charge in [-0.2, -0.15) is 0 Å². The van der Waals surface area contributed by atoms with Crippen molar-refractivity contribution >= 4 is 29.2 Å². The molecule has 0 aromatic carbocycles. The van der Waals surface area contributed by atoms with Gasteiger partial charge in [-0.1, -0.05) is 12.2 Å². The molecule has 0 aromatic heterocycles. The fraction of sp³-hybridized carbons (Fsp3) is 0.800. The van der Waals surface area contributed by atoms with Gasteiger partial charge in [0.15, 0.2) is 0 Å². The van der Waals surface area contributed by atoms with E-state index in [4.69, 9.17) is 12.2 Å². The van der Waals surface area contributed by atoms with Crippen LogP contribution in [0.3, 0.4) is 0 Å². The Labute approximate surface area is 77.5 Å². The Morgan fingerprint density at radius 3 is 1.78 bits per heavy atom. The second-order valence-corrected chi connectivity index (χ2v) is 2.57. The molecule has 0 amide bonds. The summed E-state index contributed by atoms with van der Waals surface area (Å²) in [4.78, 5) is 2.01. The van der Waals surface area contributed by atoms with Crippen molar-refractivity contribution in [2.75, 3.05) is 13.1 Å².